The quantitative estimate of drug-likeness (QED) is 0.583. The molecule has 1 fully saturated rings. The molecular formula is C23H27N5O3. The van der Waals surface area contributed by atoms with Crippen molar-refractivity contribution in [3.8, 4) is 11.6 Å². The van der Waals surface area contributed by atoms with Crippen molar-refractivity contribution in [1.29, 1.82) is 0 Å². The third-order valence-corrected chi connectivity index (χ3v) is 5.58. The summed E-state index contributed by atoms with van der Waals surface area (Å²) in [6.07, 6.45) is 9.06. The molecule has 0 spiro atoms. The van der Waals surface area contributed by atoms with Crippen molar-refractivity contribution in [2.75, 3.05) is 0 Å². The maximum Gasteiger partial charge on any atom is 0.255 e. The Hall–Kier alpha value is -3.42. The van der Waals surface area contributed by atoms with Crippen LogP contribution in [0.4, 0.5) is 0 Å². The molecule has 162 valence electrons. The Morgan fingerprint density at radius 3 is 2.74 bits per heavy atom. The molecule has 1 unspecified atom stereocenters. The average Bonchev–Trinajstić information content (AvgIpc) is 3.33. The Balaban J connectivity index is 0.000000535. The molecule has 1 atom stereocenters. The summed E-state index contributed by atoms with van der Waals surface area (Å²) in [7, 11) is 0. The topological polar surface area (TPSA) is 123 Å². The number of primary amides is 1. The summed E-state index contributed by atoms with van der Waals surface area (Å²) >= 11 is 0. The number of aromatic nitrogens is 3. The molecule has 2 aromatic heterocycles. The number of aryl methyl sites for hydroxylation is 2. The first kappa shape index (κ1) is 20.8. The predicted octanol–water partition coefficient (Wildman–Crippen LogP) is 3.26. The highest BCUT2D eigenvalue weighted by Crippen LogP contribution is 2.33. The van der Waals surface area contributed by atoms with Gasteiger partial charge in [0.1, 0.15) is 11.3 Å². The van der Waals surface area contributed by atoms with E-state index in [0.717, 1.165) is 18.6 Å². The zero-order valence-corrected chi connectivity index (χ0v) is 17.8. The van der Waals surface area contributed by atoms with Crippen molar-refractivity contribution in [2.24, 2.45) is 11.7 Å². The number of ether oxygens (including phenoxy) is 1. The average molecular weight is 422 g/mol. The summed E-state index contributed by atoms with van der Waals surface area (Å²) in [6, 6.07) is 6.35. The van der Waals surface area contributed by atoms with E-state index in [9.17, 15) is 9.59 Å². The molecule has 4 N–H and O–H groups in total. The smallest absolute Gasteiger partial charge is 0.255 e. The molecular weight excluding hydrogens is 394 g/mol. The molecule has 0 bridgehead atoms. The Bertz CT molecular complexity index is 1120. The fraction of sp³-hybridized carbons (Fsp3) is 0.391. The van der Waals surface area contributed by atoms with Crippen LogP contribution in [0.1, 0.15) is 54.6 Å². The van der Waals surface area contributed by atoms with Crippen LogP contribution in [-0.4, -0.2) is 32.8 Å². The molecule has 2 aliphatic rings. The van der Waals surface area contributed by atoms with Gasteiger partial charge in [0.25, 0.3) is 5.91 Å². The Morgan fingerprint density at radius 1 is 1.26 bits per heavy atom. The lowest BCUT2D eigenvalue weighted by atomic mass is 10.1. The molecule has 0 saturated heterocycles. The van der Waals surface area contributed by atoms with Crippen molar-refractivity contribution in [1.82, 2.24) is 20.3 Å². The van der Waals surface area contributed by atoms with Crippen LogP contribution in [0.25, 0.3) is 11.2 Å². The van der Waals surface area contributed by atoms with Crippen molar-refractivity contribution >= 4 is 23.0 Å². The highest BCUT2D eigenvalue weighted by atomic mass is 16.5. The summed E-state index contributed by atoms with van der Waals surface area (Å²) in [5.41, 5.74) is 8.84. The Labute approximate surface area is 180 Å². The number of carbonyl (C=O) groups is 2. The second kappa shape index (κ2) is 8.75. The highest BCUT2D eigenvalue weighted by molar-refractivity contribution is 6.04. The van der Waals surface area contributed by atoms with E-state index >= 15 is 0 Å². The monoisotopic (exact) mass is 421 g/mol. The van der Waals surface area contributed by atoms with Crippen LogP contribution in [0, 0.1) is 5.92 Å². The number of nitrogens with one attached hydrogen (secondary N) is 2. The SMILES string of the molecule is CC(N)=O.CC(NC(=O)c1c[nH]c2ncc(Oc3ccc4c(c3)CCC4)nc12)C1CC1. The zero-order chi connectivity index (χ0) is 22.0. The maximum atomic E-state index is 12.6. The van der Waals surface area contributed by atoms with Gasteiger partial charge in [-0.2, -0.15) is 0 Å². The first-order valence-corrected chi connectivity index (χ1v) is 10.6. The van der Waals surface area contributed by atoms with Gasteiger partial charge >= 0.3 is 0 Å². The Kier molecular flexibility index (Phi) is 5.88. The van der Waals surface area contributed by atoms with Gasteiger partial charge in [0.2, 0.25) is 11.8 Å². The fourth-order valence-corrected chi connectivity index (χ4v) is 3.83. The lowest BCUT2D eigenvalue weighted by molar-refractivity contribution is -0.115. The molecule has 8 heteroatoms. The molecule has 5 rings (SSSR count). The number of fused-ring (bicyclic) bond motifs is 2. The zero-order valence-electron chi connectivity index (χ0n) is 17.8. The standard InChI is InChI=1S/C21H22N4O2.C2H5NO/c1-12(13-5-6-13)24-21(26)17-10-22-20-19(17)25-18(11-23-20)27-16-8-7-14-3-2-4-15(14)9-16;1-2(3)4/h7-13H,2-6H2,1H3,(H,22,23)(H,24,26);1H3,(H2,3,4). The van der Waals surface area contributed by atoms with Gasteiger partial charge in [-0.25, -0.2) is 9.97 Å². The van der Waals surface area contributed by atoms with Crippen molar-refractivity contribution in [3.63, 3.8) is 0 Å². The van der Waals surface area contributed by atoms with E-state index in [1.807, 2.05) is 6.07 Å². The number of nitrogens with two attached hydrogens (primary N) is 1. The molecule has 2 aliphatic carbocycles. The number of amides is 2. The minimum atomic E-state index is -0.333. The second-order valence-electron chi connectivity index (χ2n) is 8.20. The molecule has 1 aromatic carbocycles. The van der Waals surface area contributed by atoms with Crippen molar-refractivity contribution in [2.45, 2.75) is 52.0 Å². The second-order valence-corrected chi connectivity index (χ2v) is 8.20. The molecule has 0 aliphatic heterocycles. The largest absolute Gasteiger partial charge is 0.437 e. The van der Waals surface area contributed by atoms with Crippen LogP contribution in [0.2, 0.25) is 0 Å². The van der Waals surface area contributed by atoms with Crippen molar-refractivity contribution < 1.29 is 14.3 Å². The number of H-pyrrole nitrogens is 1. The minimum absolute atomic E-state index is 0.121. The summed E-state index contributed by atoms with van der Waals surface area (Å²) < 4.78 is 5.93. The first-order valence-electron chi connectivity index (χ1n) is 10.6. The number of nitrogens with zero attached hydrogens (tertiary/aromatic N) is 2. The first-order chi connectivity index (χ1) is 14.9. The van der Waals surface area contributed by atoms with Crippen LogP contribution in [-0.2, 0) is 17.6 Å². The van der Waals surface area contributed by atoms with Gasteiger partial charge in [-0.3, -0.25) is 9.59 Å². The number of hydrogen-bond donors (Lipinski definition) is 3. The Morgan fingerprint density at radius 2 is 2.00 bits per heavy atom. The van der Waals surface area contributed by atoms with E-state index < -0.39 is 0 Å². The van der Waals surface area contributed by atoms with E-state index in [0.29, 0.717) is 28.5 Å². The van der Waals surface area contributed by atoms with Crippen LogP contribution < -0.4 is 15.8 Å². The molecule has 3 aromatic rings. The number of aromatic amines is 1. The number of carbonyl (C=O) groups excluding carboxylic acids is 2. The number of benzene rings is 1. The summed E-state index contributed by atoms with van der Waals surface area (Å²) in [5, 5.41) is 3.07. The van der Waals surface area contributed by atoms with Gasteiger partial charge in [-0.1, -0.05) is 6.07 Å². The van der Waals surface area contributed by atoms with E-state index in [1.54, 1.807) is 12.4 Å². The lowest BCUT2D eigenvalue weighted by Crippen LogP contribution is -2.33. The van der Waals surface area contributed by atoms with Gasteiger partial charge in [0.15, 0.2) is 5.65 Å². The lowest BCUT2D eigenvalue weighted by Gasteiger charge is -2.12. The number of rotatable bonds is 5. The van der Waals surface area contributed by atoms with E-state index in [-0.39, 0.29) is 17.9 Å². The normalized spacial score (nSPS) is 15.5. The van der Waals surface area contributed by atoms with Crippen LogP contribution in [0.15, 0.2) is 30.6 Å². The predicted molar refractivity (Wildman–Crippen MR) is 117 cm³/mol. The molecule has 2 amide bonds. The van der Waals surface area contributed by atoms with Gasteiger partial charge in [0, 0.05) is 19.2 Å². The fourth-order valence-electron chi connectivity index (χ4n) is 3.83. The van der Waals surface area contributed by atoms with Crippen LogP contribution in [0.5, 0.6) is 11.6 Å². The summed E-state index contributed by atoms with van der Waals surface area (Å²) in [6.45, 7) is 3.36. The number of hydrogen-bond acceptors (Lipinski definition) is 5. The summed E-state index contributed by atoms with van der Waals surface area (Å²) in [5.74, 6) is 1.30. The van der Waals surface area contributed by atoms with Crippen LogP contribution >= 0.6 is 0 Å². The van der Waals surface area contributed by atoms with E-state index in [1.165, 1.54) is 37.3 Å². The molecule has 0 radical (unpaired) electrons. The maximum absolute atomic E-state index is 12.6. The summed E-state index contributed by atoms with van der Waals surface area (Å²) in [4.78, 5) is 33.8. The third kappa shape index (κ3) is 5.02. The van der Waals surface area contributed by atoms with Gasteiger partial charge in [-0.15, -0.1) is 0 Å². The van der Waals surface area contributed by atoms with Crippen LogP contribution in [0.3, 0.4) is 0 Å². The highest BCUT2D eigenvalue weighted by Gasteiger charge is 2.29. The molecule has 31 heavy (non-hydrogen) atoms. The van der Waals surface area contributed by atoms with Gasteiger partial charge < -0.3 is 20.8 Å². The van der Waals surface area contributed by atoms with Gasteiger partial charge in [-0.05, 0) is 68.2 Å². The van der Waals surface area contributed by atoms with E-state index in [2.05, 4.69) is 45.1 Å². The third-order valence-electron chi connectivity index (χ3n) is 5.58. The minimum Gasteiger partial charge on any atom is -0.437 e. The molecule has 1 saturated carbocycles. The van der Waals surface area contributed by atoms with Crippen molar-refractivity contribution in [3.05, 3.63) is 47.3 Å². The molecule has 8 nitrogen and oxygen atoms in total. The molecule has 2 heterocycles. The van der Waals surface area contributed by atoms with E-state index in [4.69, 9.17) is 4.74 Å². The van der Waals surface area contributed by atoms with Gasteiger partial charge in [0.05, 0.1) is 11.8 Å².